The van der Waals surface area contributed by atoms with E-state index >= 15 is 0 Å². The van der Waals surface area contributed by atoms with Crippen LogP contribution in [-0.2, 0) is 43.2 Å². The van der Waals surface area contributed by atoms with Crippen LogP contribution in [0, 0.1) is 35.8 Å². The van der Waals surface area contributed by atoms with Crippen molar-refractivity contribution in [3.63, 3.8) is 0 Å². The van der Waals surface area contributed by atoms with Crippen LogP contribution in [0.25, 0.3) is 21.5 Å². The second-order valence-corrected chi connectivity index (χ2v) is 20.9. The Morgan fingerprint density at radius 2 is 1.04 bits per heavy atom. The van der Waals surface area contributed by atoms with Gasteiger partial charge in [-0.15, -0.1) is 43.5 Å². The summed E-state index contributed by atoms with van der Waals surface area (Å²) in [6.07, 6.45) is 3.92. The molecule has 0 amide bonds. The number of carbonyl (C=O) groups is 4. The second kappa shape index (κ2) is 32.0. The van der Waals surface area contributed by atoms with Crippen LogP contribution in [0.5, 0.6) is 11.5 Å². The van der Waals surface area contributed by atoms with Crippen molar-refractivity contribution in [2.24, 2.45) is 5.41 Å². The predicted molar refractivity (Wildman–Crippen MR) is 278 cm³/mol. The molecule has 0 spiro atoms. The van der Waals surface area contributed by atoms with Gasteiger partial charge in [0, 0.05) is 23.0 Å². The van der Waals surface area contributed by atoms with Crippen LogP contribution in [0.4, 0.5) is 0 Å². The molecule has 0 aliphatic rings. The van der Waals surface area contributed by atoms with Gasteiger partial charge in [0.1, 0.15) is 44.0 Å². The van der Waals surface area contributed by atoms with Gasteiger partial charge in [-0.1, -0.05) is 118 Å². The van der Waals surface area contributed by atoms with Crippen molar-refractivity contribution in [2.75, 3.05) is 49.4 Å². The van der Waals surface area contributed by atoms with E-state index in [1.165, 1.54) is 0 Å². The normalized spacial score (nSPS) is 12.2. The maximum atomic E-state index is 12.8. The average Bonchev–Trinajstić information content (AvgIpc) is 3.36. The highest BCUT2D eigenvalue weighted by atomic mass is 33.1. The van der Waals surface area contributed by atoms with Crippen LogP contribution in [0.1, 0.15) is 76.3 Å². The lowest BCUT2D eigenvalue weighted by Gasteiger charge is -2.30. The van der Waals surface area contributed by atoms with Crippen LogP contribution < -0.4 is 9.47 Å². The first kappa shape index (κ1) is 60.1. The van der Waals surface area contributed by atoms with Crippen molar-refractivity contribution in [3.8, 4) is 11.5 Å². The van der Waals surface area contributed by atoms with Gasteiger partial charge in [0.05, 0.1) is 30.1 Å². The number of carbonyl (C=O) groups excluding carboxylic acids is 4. The minimum Gasteiger partial charge on any atom is -0.464 e. The molecule has 4 rings (SSSR count). The highest BCUT2D eigenvalue weighted by Crippen LogP contribution is 2.30. The number of hydrogen-bond acceptors (Lipinski definition) is 21. The summed E-state index contributed by atoms with van der Waals surface area (Å²) in [5.74, 6) is 0.824. The molecule has 0 radical (unpaired) electrons. The molecule has 0 aliphatic carbocycles. The first-order valence-electron chi connectivity index (χ1n) is 22.3. The summed E-state index contributed by atoms with van der Waals surface area (Å²) < 4.78 is 21.5. The molecule has 24 heteroatoms. The second-order valence-electron chi connectivity index (χ2n) is 15.7. The maximum absolute atomic E-state index is 12.8. The minimum absolute atomic E-state index is 0.159. The molecule has 72 heavy (non-hydrogen) atoms. The minimum atomic E-state index is -1.28. The van der Waals surface area contributed by atoms with Crippen molar-refractivity contribution in [1.82, 2.24) is 0 Å². The highest BCUT2D eigenvalue weighted by molar-refractivity contribution is 8.77. The van der Waals surface area contributed by atoms with E-state index in [0.717, 1.165) is 38.6 Å². The predicted octanol–water partition coefficient (Wildman–Crippen LogP) is 10.5. The van der Waals surface area contributed by atoms with E-state index < -0.39 is 63.8 Å². The van der Waals surface area contributed by atoms with Crippen molar-refractivity contribution >= 4 is 88.6 Å². The number of rotatable bonds is 32. The fourth-order valence-electron chi connectivity index (χ4n) is 6.15. The third kappa shape index (κ3) is 21.6. The number of nitrogens with zero attached hydrogens (tertiary/aromatic N) is 3. The van der Waals surface area contributed by atoms with Gasteiger partial charge < -0.3 is 33.5 Å². The first-order valence-corrected chi connectivity index (χ1v) is 27.3. The molecule has 0 N–H and O–H groups in total. The zero-order valence-electron chi connectivity index (χ0n) is 40.1. The van der Waals surface area contributed by atoms with E-state index in [2.05, 4.69) is 27.7 Å². The van der Waals surface area contributed by atoms with Gasteiger partial charge in [0.2, 0.25) is 0 Å². The zero-order chi connectivity index (χ0) is 53.1. The molecule has 20 nitrogen and oxygen atoms in total. The maximum Gasteiger partial charge on any atom is 0.313 e. The SMILES string of the molecule is C=CCSSCCC(=O)Oc1ccc2cc([C@H](C)C(=O)OCC(CC)(CO[N+](=O)[O-])CO[N+](=O)[O-])ccc2c1.C=CCSSCCC(=O)Oc1ccc2cc([C@H](C)C(=O)OCC(CC)O[N+](=O)[O-])ccc2c1. The van der Waals surface area contributed by atoms with Crippen molar-refractivity contribution < 1.29 is 67.9 Å². The first-order chi connectivity index (χ1) is 34.4. The van der Waals surface area contributed by atoms with E-state index in [-0.39, 0.29) is 38.0 Å². The lowest BCUT2D eigenvalue weighted by Crippen LogP contribution is -2.39. The van der Waals surface area contributed by atoms with Crippen LogP contribution >= 0.6 is 43.2 Å². The molecule has 390 valence electrons. The molecular formula is C48H57N3O17S4. The average molecular weight is 1080 g/mol. The molecule has 0 bridgehead atoms. The lowest BCUT2D eigenvalue weighted by molar-refractivity contribution is -0.772. The molecule has 0 saturated heterocycles. The summed E-state index contributed by atoms with van der Waals surface area (Å²) in [6, 6.07) is 21.4. The van der Waals surface area contributed by atoms with Crippen molar-refractivity contribution in [2.45, 2.75) is 71.3 Å². The summed E-state index contributed by atoms with van der Waals surface area (Å²) in [5.41, 5.74) is 0.113. The number of fused-ring (bicyclic) bond motifs is 2. The molecule has 0 heterocycles. The van der Waals surface area contributed by atoms with E-state index in [4.69, 9.17) is 18.9 Å². The summed E-state index contributed by atoms with van der Waals surface area (Å²) in [7, 11) is 6.44. The molecule has 0 fully saturated rings. The van der Waals surface area contributed by atoms with E-state index in [0.29, 0.717) is 41.4 Å². The van der Waals surface area contributed by atoms with Crippen LogP contribution in [-0.4, -0.2) is 94.7 Å². The van der Waals surface area contributed by atoms with Gasteiger partial charge in [0.15, 0.2) is 0 Å². The summed E-state index contributed by atoms with van der Waals surface area (Å²) >= 11 is 0. The van der Waals surface area contributed by atoms with Crippen LogP contribution in [0.15, 0.2) is 98.1 Å². The highest BCUT2D eigenvalue weighted by Gasteiger charge is 2.34. The van der Waals surface area contributed by atoms with E-state index in [1.54, 1.807) is 132 Å². The fraction of sp³-hybridized carbons (Fsp3) is 0.417. The van der Waals surface area contributed by atoms with Crippen LogP contribution in [0.2, 0.25) is 0 Å². The summed E-state index contributed by atoms with van der Waals surface area (Å²) in [5, 5.41) is 32.2. The van der Waals surface area contributed by atoms with Gasteiger partial charge in [-0.05, 0) is 83.6 Å². The van der Waals surface area contributed by atoms with Gasteiger partial charge in [-0.25, -0.2) is 0 Å². The van der Waals surface area contributed by atoms with Gasteiger partial charge in [-0.2, -0.15) is 0 Å². The quantitative estimate of drug-likeness (QED) is 0.00837. The van der Waals surface area contributed by atoms with Gasteiger partial charge in [-0.3, -0.25) is 19.2 Å². The molecule has 4 aromatic rings. The van der Waals surface area contributed by atoms with E-state index in [1.807, 2.05) is 24.3 Å². The van der Waals surface area contributed by atoms with Crippen molar-refractivity contribution in [3.05, 3.63) is 140 Å². The van der Waals surface area contributed by atoms with Crippen molar-refractivity contribution in [1.29, 1.82) is 0 Å². The Labute approximate surface area is 431 Å². The standard InChI is InChI=1S/C25H30N2O10S2.C23H27NO7S2/c1-4-11-38-39-12-10-23(28)37-22-9-8-20-13-19(6-7-21(20)14-22)18(3)24(29)34-15-25(5-2,16-35-26(30)31)17-36-27(32)33;1-4-11-32-33-12-10-22(25)30-21-9-8-18-13-17(6-7-19(18)14-21)16(3)23(26)29-15-20(5-2)31-24(27)28/h4,6-9,13-14,18H,1,5,10-12,15-17H2,2-3H3;4,6-9,13-14,16,20H,1,5,10-12,15H2,2-3H3/t18-;16-,20?/m00/s1. The van der Waals surface area contributed by atoms with Gasteiger partial charge in [0.25, 0.3) is 15.3 Å². The van der Waals surface area contributed by atoms with Gasteiger partial charge >= 0.3 is 23.9 Å². The number of benzene rings is 4. The number of hydrogen-bond donors (Lipinski definition) is 0. The molecular weight excluding hydrogens is 1020 g/mol. The third-order valence-electron chi connectivity index (χ3n) is 10.5. The Morgan fingerprint density at radius 3 is 1.44 bits per heavy atom. The molecule has 0 aromatic heterocycles. The molecule has 1 unspecified atom stereocenters. The fourth-order valence-corrected chi connectivity index (χ4v) is 9.63. The third-order valence-corrected chi connectivity index (χ3v) is 15.1. The molecule has 0 aliphatic heterocycles. The summed E-state index contributed by atoms with van der Waals surface area (Å²) in [4.78, 5) is 94.4. The topological polar surface area (TPSA) is 262 Å². The number of esters is 4. The summed E-state index contributed by atoms with van der Waals surface area (Å²) in [6.45, 7) is 12.3. The Morgan fingerprint density at radius 1 is 0.611 bits per heavy atom. The Kier molecular flexibility index (Phi) is 26.7. The monoisotopic (exact) mass is 1080 g/mol. The Bertz CT molecular complexity index is 2480. The molecule has 3 atom stereocenters. The number of ether oxygens (including phenoxy) is 4. The molecule has 0 saturated carbocycles. The lowest BCUT2D eigenvalue weighted by atomic mass is 9.88. The smallest absolute Gasteiger partial charge is 0.313 e. The Hall–Kier alpha value is -6.24. The van der Waals surface area contributed by atoms with E-state index in [9.17, 15) is 49.5 Å². The molecule has 4 aromatic carbocycles. The zero-order valence-corrected chi connectivity index (χ0v) is 43.4. The van der Waals surface area contributed by atoms with Crippen LogP contribution in [0.3, 0.4) is 0 Å². The largest absolute Gasteiger partial charge is 0.464 e. The Balaban J connectivity index is 0.000000386.